The molecular formula is C27H31ClN2O2. The standard InChI is InChI=1S/C27H31ClN2O2/c1-4-25(27(32)29-19(2)3)30(18-22-11-6-8-15-24(22)28)26(31)17-16-21-13-9-12-20-10-5-7-14-23(20)21/h5-15,19,25H,4,16-18H2,1-3H3,(H,29,32)/t25-/m0/s1. The van der Waals surface area contributed by atoms with Gasteiger partial charge in [-0.2, -0.15) is 0 Å². The lowest BCUT2D eigenvalue weighted by Gasteiger charge is -2.31. The Morgan fingerprint density at radius 1 is 0.938 bits per heavy atom. The number of nitrogens with zero attached hydrogens (tertiary/aromatic N) is 1. The Bertz CT molecular complexity index is 1070. The SMILES string of the molecule is CC[C@@H](C(=O)NC(C)C)N(Cc1ccccc1Cl)C(=O)CCc1cccc2ccccc12. The molecule has 0 bridgehead atoms. The number of carbonyl (C=O) groups is 2. The van der Waals surface area contributed by atoms with Gasteiger partial charge in [0.25, 0.3) is 0 Å². The first-order chi connectivity index (χ1) is 15.4. The van der Waals surface area contributed by atoms with Gasteiger partial charge in [0.1, 0.15) is 6.04 Å². The van der Waals surface area contributed by atoms with Crippen LogP contribution >= 0.6 is 11.6 Å². The first kappa shape index (κ1) is 23.8. The minimum absolute atomic E-state index is 0.00417. The van der Waals surface area contributed by atoms with Gasteiger partial charge in [-0.05, 0) is 54.7 Å². The van der Waals surface area contributed by atoms with Gasteiger partial charge in [-0.25, -0.2) is 0 Å². The first-order valence-electron chi connectivity index (χ1n) is 11.2. The van der Waals surface area contributed by atoms with Crippen LogP contribution in [0.2, 0.25) is 5.02 Å². The van der Waals surface area contributed by atoms with Crippen LogP contribution in [0.25, 0.3) is 10.8 Å². The molecule has 4 nitrogen and oxygen atoms in total. The van der Waals surface area contributed by atoms with Gasteiger partial charge in [0, 0.05) is 24.0 Å². The molecule has 0 fully saturated rings. The summed E-state index contributed by atoms with van der Waals surface area (Å²) in [6.45, 7) is 6.08. The molecule has 0 saturated carbocycles. The second-order valence-corrected chi connectivity index (χ2v) is 8.75. The van der Waals surface area contributed by atoms with Gasteiger partial charge in [0.15, 0.2) is 0 Å². The van der Waals surface area contributed by atoms with E-state index >= 15 is 0 Å². The molecule has 3 aromatic rings. The number of rotatable bonds is 9. The molecular weight excluding hydrogens is 420 g/mol. The maximum absolute atomic E-state index is 13.5. The predicted molar refractivity (Wildman–Crippen MR) is 132 cm³/mol. The van der Waals surface area contributed by atoms with Crippen molar-refractivity contribution in [2.24, 2.45) is 0 Å². The summed E-state index contributed by atoms with van der Waals surface area (Å²) < 4.78 is 0. The van der Waals surface area contributed by atoms with E-state index in [1.54, 1.807) is 4.90 Å². The van der Waals surface area contributed by atoms with Crippen molar-refractivity contribution >= 4 is 34.2 Å². The second-order valence-electron chi connectivity index (χ2n) is 8.34. The molecule has 0 saturated heterocycles. The Morgan fingerprint density at radius 2 is 1.59 bits per heavy atom. The van der Waals surface area contributed by atoms with Crippen LogP contribution < -0.4 is 5.32 Å². The van der Waals surface area contributed by atoms with Crippen LogP contribution in [0.1, 0.15) is 44.7 Å². The molecule has 0 aliphatic heterocycles. The van der Waals surface area contributed by atoms with Crippen molar-refractivity contribution in [3.63, 3.8) is 0 Å². The highest BCUT2D eigenvalue weighted by Crippen LogP contribution is 2.23. The molecule has 32 heavy (non-hydrogen) atoms. The third-order valence-corrected chi connectivity index (χ3v) is 5.97. The van der Waals surface area contributed by atoms with Gasteiger partial charge in [-0.3, -0.25) is 9.59 Å². The summed E-state index contributed by atoms with van der Waals surface area (Å²) in [5, 5.41) is 5.88. The number of hydrogen-bond acceptors (Lipinski definition) is 2. The smallest absolute Gasteiger partial charge is 0.243 e. The van der Waals surface area contributed by atoms with Crippen LogP contribution in [-0.2, 0) is 22.6 Å². The molecule has 3 aromatic carbocycles. The highest BCUT2D eigenvalue weighted by atomic mass is 35.5. The van der Waals surface area contributed by atoms with Crippen LogP contribution in [0, 0.1) is 0 Å². The fraction of sp³-hybridized carbons (Fsp3) is 0.333. The lowest BCUT2D eigenvalue weighted by atomic mass is 10.00. The van der Waals surface area contributed by atoms with E-state index in [0.29, 0.717) is 30.8 Å². The van der Waals surface area contributed by atoms with Crippen molar-refractivity contribution in [1.82, 2.24) is 10.2 Å². The summed E-state index contributed by atoms with van der Waals surface area (Å²) >= 11 is 6.38. The molecule has 0 aliphatic rings. The fourth-order valence-corrected chi connectivity index (χ4v) is 4.20. The zero-order valence-corrected chi connectivity index (χ0v) is 19.7. The van der Waals surface area contributed by atoms with Gasteiger partial charge < -0.3 is 10.2 Å². The van der Waals surface area contributed by atoms with Gasteiger partial charge in [0.05, 0.1) is 0 Å². The summed E-state index contributed by atoms with van der Waals surface area (Å²) in [6.07, 6.45) is 1.47. The van der Waals surface area contributed by atoms with Crippen LogP contribution in [0.5, 0.6) is 0 Å². The molecule has 0 radical (unpaired) electrons. The maximum atomic E-state index is 13.5. The minimum atomic E-state index is -0.548. The van der Waals surface area contributed by atoms with E-state index in [2.05, 4.69) is 29.6 Å². The van der Waals surface area contributed by atoms with E-state index in [1.165, 1.54) is 0 Å². The Morgan fingerprint density at radius 3 is 2.31 bits per heavy atom. The Kier molecular flexibility index (Phi) is 8.29. The van der Waals surface area contributed by atoms with Crippen molar-refractivity contribution in [2.75, 3.05) is 0 Å². The lowest BCUT2D eigenvalue weighted by molar-refractivity contribution is -0.141. The number of carbonyl (C=O) groups excluding carboxylic acids is 2. The van der Waals surface area contributed by atoms with Gasteiger partial charge in [0.2, 0.25) is 11.8 Å². The van der Waals surface area contributed by atoms with E-state index in [4.69, 9.17) is 11.6 Å². The average Bonchev–Trinajstić information content (AvgIpc) is 2.78. The van der Waals surface area contributed by atoms with E-state index in [0.717, 1.165) is 21.9 Å². The van der Waals surface area contributed by atoms with Crippen molar-refractivity contribution < 1.29 is 9.59 Å². The van der Waals surface area contributed by atoms with E-state index < -0.39 is 6.04 Å². The average molecular weight is 451 g/mol. The third-order valence-electron chi connectivity index (χ3n) is 5.60. The quantitative estimate of drug-likeness (QED) is 0.450. The lowest BCUT2D eigenvalue weighted by Crippen LogP contribution is -2.50. The van der Waals surface area contributed by atoms with Crippen molar-refractivity contribution in [2.45, 2.75) is 58.7 Å². The van der Waals surface area contributed by atoms with Gasteiger partial charge >= 0.3 is 0 Å². The molecule has 0 unspecified atom stereocenters. The van der Waals surface area contributed by atoms with E-state index in [9.17, 15) is 9.59 Å². The third kappa shape index (κ3) is 5.89. The van der Waals surface area contributed by atoms with Crippen molar-refractivity contribution in [1.29, 1.82) is 0 Å². The maximum Gasteiger partial charge on any atom is 0.243 e. The number of amides is 2. The number of benzene rings is 3. The molecule has 0 spiro atoms. The molecule has 3 rings (SSSR count). The van der Waals surface area contributed by atoms with Gasteiger partial charge in [-0.15, -0.1) is 0 Å². The van der Waals surface area contributed by atoms with Crippen molar-refractivity contribution in [3.05, 3.63) is 82.9 Å². The molecule has 0 aliphatic carbocycles. The molecule has 2 amide bonds. The summed E-state index contributed by atoms with van der Waals surface area (Å²) in [4.78, 5) is 28.1. The molecule has 1 atom stereocenters. The van der Waals surface area contributed by atoms with Crippen LogP contribution in [0.15, 0.2) is 66.7 Å². The highest BCUT2D eigenvalue weighted by molar-refractivity contribution is 6.31. The number of nitrogens with one attached hydrogen (secondary N) is 1. The fourth-order valence-electron chi connectivity index (χ4n) is 4.01. The minimum Gasteiger partial charge on any atom is -0.352 e. The van der Waals surface area contributed by atoms with Gasteiger partial charge in [-0.1, -0.05) is 79.2 Å². The largest absolute Gasteiger partial charge is 0.352 e. The first-order valence-corrected chi connectivity index (χ1v) is 11.6. The summed E-state index contributed by atoms with van der Waals surface area (Å²) in [7, 11) is 0. The number of halogens is 1. The second kappa shape index (κ2) is 11.1. The Labute approximate surface area is 195 Å². The van der Waals surface area contributed by atoms with E-state index in [1.807, 2.05) is 63.2 Å². The molecule has 0 aromatic heterocycles. The Hall–Kier alpha value is -2.85. The molecule has 1 N–H and O–H groups in total. The predicted octanol–water partition coefficient (Wildman–Crippen LogP) is 5.76. The van der Waals surface area contributed by atoms with Crippen molar-refractivity contribution in [3.8, 4) is 0 Å². The topological polar surface area (TPSA) is 49.4 Å². The van der Waals surface area contributed by atoms with Crippen LogP contribution in [0.3, 0.4) is 0 Å². The highest BCUT2D eigenvalue weighted by Gasteiger charge is 2.29. The summed E-state index contributed by atoms with van der Waals surface area (Å²) in [5.74, 6) is -0.184. The zero-order chi connectivity index (χ0) is 23.1. The molecule has 0 heterocycles. The zero-order valence-electron chi connectivity index (χ0n) is 19.0. The summed E-state index contributed by atoms with van der Waals surface area (Å²) in [5.41, 5.74) is 1.97. The summed E-state index contributed by atoms with van der Waals surface area (Å²) in [6, 6.07) is 21.3. The number of hydrogen-bond donors (Lipinski definition) is 1. The normalized spacial score (nSPS) is 12.0. The Balaban J connectivity index is 1.84. The monoisotopic (exact) mass is 450 g/mol. The van der Waals surface area contributed by atoms with Crippen LogP contribution in [0.4, 0.5) is 0 Å². The van der Waals surface area contributed by atoms with Crippen LogP contribution in [-0.4, -0.2) is 28.8 Å². The molecule has 168 valence electrons. The number of fused-ring (bicyclic) bond motifs is 1. The molecule has 5 heteroatoms. The number of aryl methyl sites for hydroxylation is 1. The van der Waals surface area contributed by atoms with E-state index in [-0.39, 0.29) is 17.9 Å².